The molecule has 5 heteroatoms. The molecule has 104 valence electrons. The van der Waals surface area contributed by atoms with Crippen LogP contribution in [0.1, 0.15) is 32.9 Å². The smallest absolute Gasteiger partial charge is 0.254 e. The van der Waals surface area contributed by atoms with Crippen molar-refractivity contribution in [3.63, 3.8) is 0 Å². The van der Waals surface area contributed by atoms with Crippen molar-refractivity contribution in [3.8, 4) is 0 Å². The van der Waals surface area contributed by atoms with Gasteiger partial charge in [-0.25, -0.2) is 9.97 Å². The second kappa shape index (κ2) is 5.69. The largest absolute Gasteiger partial charge is 0.368 e. The molecule has 5 nitrogen and oxygen atoms in total. The first-order chi connectivity index (χ1) is 9.52. The van der Waals surface area contributed by atoms with Crippen LogP contribution in [0, 0.1) is 13.8 Å². The number of anilines is 1. The van der Waals surface area contributed by atoms with Crippen molar-refractivity contribution in [2.24, 2.45) is 0 Å². The number of benzene rings is 1. The summed E-state index contributed by atoms with van der Waals surface area (Å²) in [5.41, 5.74) is 9.74. The third-order valence-corrected chi connectivity index (χ3v) is 3.26. The number of aryl methyl sites for hydroxylation is 2. The van der Waals surface area contributed by atoms with Gasteiger partial charge in [0.15, 0.2) is 0 Å². The molecule has 1 aromatic carbocycles. The summed E-state index contributed by atoms with van der Waals surface area (Å²) < 4.78 is 0. The minimum atomic E-state index is -0.189. The van der Waals surface area contributed by atoms with Crippen LogP contribution in [0.2, 0.25) is 0 Å². The molecular weight excluding hydrogens is 252 g/mol. The van der Waals surface area contributed by atoms with Gasteiger partial charge in [-0.3, -0.25) is 4.79 Å². The molecule has 0 saturated carbocycles. The first-order valence-corrected chi connectivity index (χ1v) is 6.42. The molecule has 0 aliphatic heterocycles. The van der Waals surface area contributed by atoms with Gasteiger partial charge < -0.3 is 11.1 Å². The average molecular weight is 270 g/mol. The molecular formula is C15H18N4O. The lowest BCUT2D eigenvalue weighted by atomic mass is 10.00. The molecule has 3 N–H and O–H groups in total. The summed E-state index contributed by atoms with van der Waals surface area (Å²) in [6, 6.07) is 8.01. The zero-order valence-electron chi connectivity index (χ0n) is 11.9. The second-order valence-electron chi connectivity index (χ2n) is 4.67. The standard InChI is InChI=1S/C15H18N4O/c1-9-6-4-5-7-11(9)8-12-13(14(20)17-3)10(2)18-15(16)19-12/h4-7H,8H2,1-3H3,(H,17,20)(H2,16,18,19). The molecule has 1 amide bonds. The van der Waals surface area contributed by atoms with E-state index in [2.05, 4.69) is 15.3 Å². The maximum atomic E-state index is 12.0. The lowest BCUT2D eigenvalue weighted by Crippen LogP contribution is -2.23. The second-order valence-corrected chi connectivity index (χ2v) is 4.67. The van der Waals surface area contributed by atoms with Crippen molar-refractivity contribution < 1.29 is 4.79 Å². The number of nitrogens with two attached hydrogens (primary N) is 1. The number of carbonyl (C=O) groups excluding carboxylic acids is 1. The van der Waals surface area contributed by atoms with E-state index in [0.717, 1.165) is 11.1 Å². The molecule has 0 radical (unpaired) electrons. The van der Waals surface area contributed by atoms with E-state index in [-0.39, 0.29) is 11.9 Å². The zero-order valence-corrected chi connectivity index (χ0v) is 11.9. The first kappa shape index (κ1) is 14.0. The molecule has 0 atom stereocenters. The summed E-state index contributed by atoms with van der Waals surface area (Å²) in [6.45, 7) is 3.80. The highest BCUT2D eigenvalue weighted by atomic mass is 16.1. The number of aromatic nitrogens is 2. The highest BCUT2D eigenvalue weighted by molar-refractivity contribution is 5.96. The summed E-state index contributed by atoms with van der Waals surface area (Å²) in [5.74, 6) is 0.00446. The van der Waals surface area contributed by atoms with Crippen LogP contribution in [-0.4, -0.2) is 22.9 Å². The van der Waals surface area contributed by atoms with Crippen LogP contribution in [0.3, 0.4) is 0 Å². The zero-order chi connectivity index (χ0) is 14.7. The number of carbonyl (C=O) groups is 1. The van der Waals surface area contributed by atoms with Gasteiger partial charge in [-0.15, -0.1) is 0 Å². The predicted molar refractivity (Wildman–Crippen MR) is 78.6 cm³/mol. The fourth-order valence-corrected chi connectivity index (χ4v) is 2.19. The number of hydrogen-bond acceptors (Lipinski definition) is 4. The Morgan fingerprint density at radius 1 is 1.25 bits per heavy atom. The Morgan fingerprint density at radius 2 is 1.95 bits per heavy atom. The molecule has 1 heterocycles. The summed E-state index contributed by atoms with van der Waals surface area (Å²) >= 11 is 0. The van der Waals surface area contributed by atoms with Crippen molar-refractivity contribution in [2.75, 3.05) is 12.8 Å². The van der Waals surface area contributed by atoms with Gasteiger partial charge in [0, 0.05) is 13.5 Å². The number of nitrogens with one attached hydrogen (secondary N) is 1. The van der Waals surface area contributed by atoms with Crippen molar-refractivity contribution >= 4 is 11.9 Å². The Labute approximate surface area is 118 Å². The van der Waals surface area contributed by atoms with E-state index >= 15 is 0 Å². The molecule has 0 saturated heterocycles. The number of amides is 1. The highest BCUT2D eigenvalue weighted by Gasteiger charge is 2.17. The van der Waals surface area contributed by atoms with Crippen LogP contribution in [0.5, 0.6) is 0 Å². The Morgan fingerprint density at radius 3 is 2.60 bits per heavy atom. The summed E-state index contributed by atoms with van der Waals surface area (Å²) in [6.07, 6.45) is 0.559. The van der Waals surface area contributed by atoms with Crippen molar-refractivity contribution in [2.45, 2.75) is 20.3 Å². The fraction of sp³-hybridized carbons (Fsp3) is 0.267. The Balaban J connectivity index is 2.50. The van der Waals surface area contributed by atoms with Crippen LogP contribution in [0.25, 0.3) is 0 Å². The van der Waals surface area contributed by atoms with Crippen molar-refractivity contribution in [1.29, 1.82) is 0 Å². The van der Waals surface area contributed by atoms with Gasteiger partial charge in [0.25, 0.3) is 5.91 Å². The van der Waals surface area contributed by atoms with Crippen LogP contribution in [0.15, 0.2) is 24.3 Å². The highest BCUT2D eigenvalue weighted by Crippen LogP contribution is 2.18. The van der Waals surface area contributed by atoms with Crippen LogP contribution < -0.4 is 11.1 Å². The molecule has 0 unspecified atom stereocenters. The van der Waals surface area contributed by atoms with Gasteiger partial charge in [-0.2, -0.15) is 0 Å². The predicted octanol–water partition coefficient (Wildman–Crippen LogP) is 1.63. The Kier molecular flexibility index (Phi) is 3.98. The SMILES string of the molecule is CNC(=O)c1c(C)nc(N)nc1Cc1ccccc1C. The van der Waals surface area contributed by atoms with Gasteiger partial charge in [0.1, 0.15) is 0 Å². The molecule has 0 aliphatic rings. The van der Waals surface area contributed by atoms with Gasteiger partial charge in [-0.1, -0.05) is 24.3 Å². The average Bonchev–Trinajstić information content (AvgIpc) is 2.40. The number of nitrogen functional groups attached to an aromatic ring is 1. The maximum absolute atomic E-state index is 12.0. The quantitative estimate of drug-likeness (QED) is 0.888. The van der Waals surface area contributed by atoms with Crippen molar-refractivity contribution in [1.82, 2.24) is 15.3 Å². The fourth-order valence-electron chi connectivity index (χ4n) is 2.19. The molecule has 2 aromatic rings. The summed E-state index contributed by atoms with van der Waals surface area (Å²) in [7, 11) is 1.59. The van der Waals surface area contributed by atoms with Gasteiger partial charge in [0.2, 0.25) is 5.95 Å². The topological polar surface area (TPSA) is 80.9 Å². The van der Waals surface area contributed by atoms with E-state index < -0.39 is 0 Å². The lowest BCUT2D eigenvalue weighted by Gasteiger charge is -2.12. The van der Waals surface area contributed by atoms with E-state index in [1.165, 1.54) is 0 Å². The molecule has 1 aromatic heterocycles. The maximum Gasteiger partial charge on any atom is 0.254 e. The third kappa shape index (κ3) is 2.77. The van der Waals surface area contributed by atoms with Gasteiger partial charge in [0.05, 0.1) is 17.0 Å². The van der Waals surface area contributed by atoms with Crippen LogP contribution >= 0.6 is 0 Å². The number of hydrogen-bond donors (Lipinski definition) is 2. The minimum absolute atomic E-state index is 0.189. The van der Waals surface area contributed by atoms with Crippen molar-refractivity contribution in [3.05, 3.63) is 52.3 Å². The van der Waals surface area contributed by atoms with Gasteiger partial charge in [-0.05, 0) is 25.0 Å². The molecule has 2 rings (SSSR count). The van der Waals surface area contributed by atoms with Crippen LogP contribution in [-0.2, 0) is 6.42 Å². The molecule has 0 fully saturated rings. The number of nitrogens with zero attached hydrogens (tertiary/aromatic N) is 2. The molecule has 0 aliphatic carbocycles. The lowest BCUT2D eigenvalue weighted by molar-refractivity contribution is 0.0961. The molecule has 20 heavy (non-hydrogen) atoms. The van der Waals surface area contributed by atoms with E-state index in [4.69, 9.17) is 5.73 Å². The summed E-state index contributed by atoms with van der Waals surface area (Å²) in [4.78, 5) is 20.3. The first-order valence-electron chi connectivity index (χ1n) is 6.42. The van der Waals surface area contributed by atoms with E-state index in [0.29, 0.717) is 23.4 Å². The molecule has 0 spiro atoms. The van der Waals surface area contributed by atoms with Gasteiger partial charge >= 0.3 is 0 Å². The number of rotatable bonds is 3. The minimum Gasteiger partial charge on any atom is -0.368 e. The Bertz CT molecular complexity index is 652. The third-order valence-electron chi connectivity index (χ3n) is 3.26. The summed E-state index contributed by atoms with van der Waals surface area (Å²) in [5, 5.41) is 2.62. The van der Waals surface area contributed by atoms with E-state index in [1.807, 2.05) is 31.2 Å². The Hall–Kier alpha value is -2.43. The van der Waals surface area contributed by atoms with E-state index in [9.17, 15) is 4.79 Å². The van der Waals surface area contributed by atoms with Crippen LogP contribution in [0.4, 0.5) is 5.95 Å². The molecule has 0 bridgehead atoms. The monoisotopic (exact) mass is 270 g/mol. The normalized spacial score (nSPS) is 10.3. The van der Waals surface area contributed by atoms with E-state index in [1.54, 1.807) is 14.0 Å².